The van der Waals surface area contributed by atoms with Gasteiger partial charge in [-0.1, -0.05) is 78.7 Å². The Kier molecular flexibility index (Phi) is 13.4. The summed E-state index contributed by atoms with van der Waals surface area (Å²) in [7, 11) is -0.306. The van der Waals surface area contributed by atoms with E-state index in [9.17, 15) is 18.0 Å². The Balaban J connectivity index is 1.89. The van der Waals surface area contributed by atoms with Crippen molar-refractivity contribution in [3.8, 4) is 17.2 Å². The minimum atomic E-state index is -4.51. The number of hydrogen-bond donors (Lipinski definition) is 1. The van der Waals surface area contributed by atoms with Crippen LogP contribution in [-0.4, -0.2) is 65.1 Å². The van der Waals surface area contributed by atoms with E-state index in [1.54, 1.807) is 30.3 Å². The predicted molar refractivity (Wildman–Crippen MR) is 196 cm³/mol. The maximum atomic E-state index is 14.8. The van der Waals surface area contributed by atoms with Crippen molar-refractivity contribution in [3.05, 3.63) is 112 Å². The molecule has 0 radical (unpaired) electrons. The van der Waals surface area contributed by atoms with Crippen molar-refractivity contribution < 1.29 is 32.2 Å². The third kappa shape index (κ3) is 9.21. The highest BCUT2D eigenvalue weighted by Gasteiger charge is 2.36. The molecule has 10 nitrogen and oxygen atoms in total. The molecule has 0 heterocycles. The molecule has 0 aliphatic heterocycles. The molecule has 0 fully saturated rings. The average molecular weight is 743 g/mol. The molecule has 266 valence electrons. The van der Waals surface area contributed by atoms with Gasteiger partial charge in [0.25, 0.3) is 10.0 Å². The van der Waals surface area contributed by atoms with Crippen LogP contribution in [0.3, 0.4) is 0 Å². The van der Waals surface area contributed by atoms with E-state index in [2.05, 4.69) is 5.32 Å². The molecule has 0 aliphatic carbocycles. The van der Waals surface area contributed by atoms with Crippen LogP contribution in [-0.2, 0) is 32.6 Å². The van der Waals surface area contributed by atoms with Gasteiger partial charge >= 0.3 is 0 Å². The van der Waals surface area contributed by atoms with Gasteiger partial charge in [0.1, 0.15) is 18.3 Å². The Morgan fingerprint density at radius 3 is 2.10 bits per heavy atom. The van der Waals surface area contributed by atoms with Gasteiger partial charge in [0.2, 0.25) is 11.8 Å². The van der Waals surface area contributed by atoms with Crippen molar-refractivity contribution >= 4 is 50.7 Å². The summed E-state index contributed by atoms with van der Waals surface area (Å²) in [5, 5.41) is 3.61. The van der Waals surface area contributed by atoms with Gasteiger partial charge in [0.15, 0.2) is 11.5 Å². The van der Waals surface area contributed by atoms with E-state index in [4.69, 9.17) is 37.4 Å². The van der Waals surface area contributed by atoms with Crippen LogP contribution in [0.4, 0.5) is 5.69 Å². The molecule has 0 spiro atoms. The summed E-state index contributed by atoms with van der Waals surface area (Å²) in [4.78, 5) is 30.0. The quantitative estimate of drug-likeness (QED) is 0.135. The van der Waals surface area contributed by atoms with E-state index in [0.717, 1.165) is 9.87 Å². The van der Waals surface area contributed by atoms with Crippen molar-refractivity contribution in [1.29, 1.82) is 0 Å². The molecule has 0 aliphatic rings. The monoisotopic (exact) mass is 741 g/mol. The van der Waals surface area contributed by atoms with Crippen molar-refractivity contribution in [2.45, 2.75) is 50.2 Å². The predicted octanol–water partition coefficient (Wildman–Crippen LogP) is 6.77. The lowest BCUT2D eigenvalue weighted by Gasteiger charge is -2.34. The number of methoxy groups -OCH3 is 3. The van der Waals surface area contributed by atoms with Crippen LogP contribution < -0.4 is 23.8 Å². The highest BCUT2D eigenvalue weighted by molar-refractivity contribution is 7.92. The zero-order chi connectivity index (χ0) is 36.4. The number of amides is 2. The Hall–Kier alpha value is -4.45. The summed E-state index contributed by atoms with van der Waals surface area (Å²) in [6.45, 7) is 3.01. The molecule has 4 aromatic rings. The summed E-state index contributed by atoms with van der Waals surface area (Å²) in [6, 6.07) is 23.6. The number of halogens is 2. The van der Waals surface area contributed by atoms with Crippen molar-refractivity contribution in [3.63, 3.8) is 0 Å². The zero-order valence-corrected chi connectivity index (χ0v) is 30.9. The molecule has 0 saturated heterocycles. The number of ether oxygens (including phenoxy) is 3. The number of sulfonamides is 1. The van der Waals surface area contributed by atoms with Gasteiger partial charge in [-0.3, -0.25) is 13.9 Å². The molecule has 0 saturated carbocycles. The summed E-state index contributed by atoms with van der Waals surface area (Å²) < 4.78 is 46.4. The summed E-state index contributed by atoms with van der Waals surface area (Å²) >= 11 is 13.0. The first-order chi connectivity index (χ1) is 23.9. The second-order valence-corrected chi connectivity index (χ2v) is 14.2. The number of benzene rings is 4. The molecular formula is C37H41Cl2N3O7S. The first kappa shape index (κ1) is 38.4. The van der Waals surface area contributed by atoms with Gasteiger partial charge in [-0.05, 0) is 60.9 Å². The number of anilines is 1. The molecule has 50 heavy (non-hydrogen) atoms. The molecule has 0 aromatic heterocycles. The van der Waals surface area contributed by atoms with Crippen LogP contribution >= 0.6 is 23.2 Å². The van der Waals surface area contributed by atoms with Crippen LogP contribution in [0.2, 0.25) is 10.0 Å². The topological polar surface area (TPSA) is 114 Å². The van der Waals surface area contributed by atoms with E-state index in [0.29, 0.717) is 22.8 Å². The molecule has 4 aromatic carbocycles. The number of nitrogens with one attached hydrogen (secondary N) is 1. The second kappa shape index (κ2) is 17.5. The molecule has 2 amide bonds. The highest BCUT2D eigenvalue weighted by atomic mass is 35.5. The standard InChI is InChI=1S/C37H41Cl2N3O7S/c1-6-25(2)40-37(44)32(20-26-12-8-7-9-13-26)41(23-27-14-10-11-15-30(27)39)36(43)24-42(31-21-28(38)16-18-33(31)47-3)50(45,46)29-17-19-34(48-4)35(22-29)49-5/h7-19,21-22,25,32H,6,20,23-24H2,1-5H3,(H,40,44)/t25-,32+/m1/s1. The fraction of sp³-hybridized carbons (Fsp3) is 0.297. The van der Waals surface area contributed by atoms with Crippen LogP contribution in [0.15, 0.2) is 95.9 Å². The largest absolute Gasteiger partial charge is 0.495 e. The first-order valence-electron chi connectivity index (χ1n) is 15.9. The number of carbonyl (C=O) groups excluding carboxylic acids is 2. The van der Waals surface area contributed by atoms with E-state index in [1.807, 2.05) is 44.2 Å². The Bertz CT molecular complexity index is 1890. The number of carbonyl (C=O) groups is 2. The van der Waals surface area contributed by atoms with Crippen LogP contribution in [0.1, 0.15) is 31.4 Å². The lowest BCUT2D eigenvalue weighted by molar-refractivity contribution is -0.140. The Morgan fingerprint density at radius 1 is 0.820 bits per heavy atom. The zero-order valence-electron chi connectivity index (χ0n) is 28.6. The molecule has 13 heteroatoms. The maximum Gasteiger partial charge on any atom is 0.265 e. The number of hydrogen-bond acceptors (Lipinski definition) is 7. The van der Waals surface area contributed by atoms with E-state index < -0.39 is 34.4 Å². The fourth-order valence-corrected chi connectivity index (χ4v) is 7.08. The van der Waals surface area contributed by atoms with Crippen LogP contribution in [0.5, 0.6) is 17.2 Å². The van der Waals surface area contributed by atoms with Gasteiger partial charge in [-0.2, -0.15) is 0 Å². The Labute approximate surface area is 303 Å². The van der Waals surface area contributed by atoms with Gasteiger partial charge in [0, 0.05) is 35.1 Å². The third-order valence-corrected chi connectivity index (χ3v) is 10.6. The molecule has 1 N–H and O–H groups in total. The smallest absolute Gasteiger partial charge is 0.265 e. The highest BCUT2D eigenvalue weighted by Crippen LogP contribution is 2.37. The van der Waals surface area contributed by atoms with Crippen molar-refractivity contribution in [2.75, 3.05) is 32.2 Å². The third-order valence-electron chi connectivity index (χ3n) is 8.20. The minimum Gasteiger partial charge on any atom is -0.495 e. The summed E-state index contributed by atoms with van der Waals surface area (Å²) in [5.74, 6) is -0.423. The molecule has 2 atom stereocenters. The lowest BCUT2D eigenvalue weighted by atomic mass is 10.0. The van der Waals surface area contributed by atoms with E-state index in [1.165, 1.54) is 56.6 Å². The molecular weight excluding hydrogens is 701 g/mol. The summed E-state index contributed by atoms with van der Waals surface area (Å²) in [6.07, 6.45) is 0.816. The molecule has 0 bridgehead atoms. The van der Waals surface area contributed by atoms with Crippen molar-refractivity contribution in [2.24, 2.45) is 0 Å². The van der Waals surface area contributed by atoms with Crippen LogP contribution in [0, 0.1) is 0 Å². The SMILES string of the molecule is CC[C@@H](C)NC(=O)[C@H](Cc1ccccc1)N(Cc1ccccc1Cl)C(=O)CN(c1cc(Cl)ccc1OC)S(=O)(=O)c1ccc(OC)c(OC)c1. The lowest BCUT2D eigenvalue weighted by Crippen LogP contribution is -2.54. The number of nitrogens with zero attached hydrogens (tertiary/aromatic N) is 2. The maximum absolute atomic E-state index is 14.8. The van der Waals surface area contributed by atoms with Gasteiger partial charge in [-0.25, -0.2) is 8.42 Å². The normalized spacial score (nSPS) is 12.4. The van der Waals surface area contributed by atoms with Gasteiger partial charge < -0.3 is 24.4 Å². The van der Waals surface area contributed by atoms with Gasteiger partial charge in [-0.15, -0.1) is 0 Å². The fourth-order valence-electron chi connectivity index (χ4n) is 5.28. The minimum absolute atomic E-state index is 0.0181. The van der Waals surface area contributed by atoms with Crippen LogP contribution in [0.25, 0.3) is 0 Å². The molecule has 0 unspecified atom stereocenters. The van der Waals surface area contributed by atoms with Crippen molar-refractivity contribution in [1.82, 2.24) is 10.2 Å². The van der Waals surface area contributed by atoms with E-state index >= 15 is 0 Å². The van der Waals surface area contributed by atoms with Gasteiger partial charge in [0.05, 0.1) is 31.9 Å². The Morgan fingerprint density at radius 2 is 1.46 bits per heavy atom. The van der Waals surface area contributed by atoms with E-state index in [-0.39, 0.29) is 46.1 Å². The molecule has 4 rings (SSSR count). The second-order valence-electron chi connectivity index (χ2n) is 11.5. The summed E-state index contributed by atoms with van der Waals surface area (Å²) in [5.41, 5.74) is 1.40. The average Bonchev–Trinajstić information content (AvgIpc) is 3.12. The first-order valence-corrected chi connectivity index (χ1v) is 18.1. The number of rotatable bonds is 16.